The van der Waals surface area contributed by atoms with Crippen molar-refractivity contribution in [3.8, 4) is 17.0 Å². The molecule has 21 heavy (non-hydrogen) atoms. The number of hydrogen-bond acceptors (Lipinski definition) is 3. The number of methoxy groups -OCH3 is 1. The van der Waals surface area contributed by atoms with E-state index >= 15 is 0 Å². The Kier molecular flexibility index (Phi) is 4.31. The smallest absolute Gasteiger partial charge is 0.246 e. The number of benzene rings is 1. The number of likely N-dealkylation sites (N-methyl/N-ethyl adjacent to an activating group) is 1. The zero-order valence-electron chi connectivity index (χ0n) is 13.1. The van der Waals surface area contributed by atoms with Gasteiger partial charge in [0.1, 0.15) is 11.8 Å². The Balaban J connectivity index is 2.42. The Bertz CT molecular complexity index is 647. The van der Waals surface area contributed by atoms with E-state index in [2.05, 4.69) is 5.10 Å². The fraction of sp³-hybridized carbons (Fsp3) is 0.375. The van der Waals surface area contributed by atoms with Crippen molar-refractivity contribution < 1.29 is 9.53 Å². The van der Waals surface area contributed by atoms with Gasteiger partial charge in [-0.05, 0) is 31.5 Å². The molecule has 0 fully saturated rings. The lowest BCUT2D eigenvalue weighted by molar-refractivity contribution is -0.131. The number of hydrogen-bond donors (Lipinski definition) is 0. The summed E-state index contributed by atoms with van der Waals surface area (Å²) in [5.41, 5.74) is 2.78. The average Bonchev–Trinajstić information content (AvgIpc) is 2.87. The van der Waals surface area contributed by atoms with Crippen molar-refractivity contribution in [3.63, 3.8) is 0 Å². The molecule has 0 radical (unpaired) electrons. The number of nitrogens with zero attached hydrogens (tertiary/aromatic N) is 3. The second kappa shape index (κ2) is 5.99. The molecule has 2 aromatic rings. The molecule has 0 saturated carbocycles. The second-order valence-electron chi connectivity index (χ2n) is 5.25. The van der Waals surface area contributed by atoms with Crippen LogP contribution in [-0.4, -0.2) is 41.8 Å². The number of ether oxygens (including phenoxy) is 1. The van der Waals surface area contributed by atoms with E-state index in [4.69, 9.17) is 4.74 Å². The quantitative estimate of drug-likeness (QED) is 0.868. The molecule has 0 aliphatic carbocycles. The fourth-order valence-electron chi connectivity index (χ4n) is 2.27. The Hall–Kier alpha value is -2.30. The molecule has 0 aliphatic rings. The molecule has 0 saturated heterocycles. The normalized spacial score (nSPS) is 12.0. The van der Waals surface area contributed by atoms with Crippen molar-refractivity contribution in [1.29, 1.82) is 0 Å². The van der Waals surface area contributed by atoms with Gasteiger partial charge in [-0.2, -0.15) is 5.10 Å². The van der Waals surface area contributed by atoms with Crippen LogP contribution in [0.15, 0.2) is 30.5 Å². The minimum Gasteiger partial charge on any atom is -0.496 e. The van der Waals surface area contributed by atoms with Crippen LogP contribution in [0.25, 0.3) is 11.3 Å². The number of aryl methyl sites for hydroxylation is 1. The van der Waals surface area contributed by atoms with E-state index in [1.807, 2.05) is 44.3 Å². The van der Waals surface area contributed by atoms with Crippen molar-refractivity contribution in [3.05, 3.63) is 36.0 Å². The maximum atomic E-state index is 12.1. The largest absolute Gasteiger partial charge is 0.496 e. The average molecular weight is 287 g/mol. The molecule has 1 amide bonds. The topological polar surface area (TPSA) is 47.4 Å². The summed E-state index contributed by atoms with van der Waals surface area (Å²) in [4.78, 5) is 13.6. The van der Waals surface area contributed by atoms with Crippen molar-refractivity contribution in [2.75, 3.05) is 21.2 Å². The van der Waals surface area contributed by atoms with Crippen LogP contribution in [-0.2, 0) is 4.79 Å². The third-order valence-corrected chi connectivity index (χ3v) is 3.47. The first-order valence-corrected chi connectivity index (χ1v) is 6.86. The molecular weight excluding hydrogens is 266 g/mol. The fourth-order valence-corrected chi connectivity index (χ4v) is 2.27. The highest BCUT2D eigenvalue weighted by Gasteiger charge is 2.20. The Morgan fingerprint density at radius 1 is 1.33 bits per heavy atom. The zero-order chi connectivity index (χ0) is 15.6. The van der Waals surface area contributed by atoms with Crippen molar-refractivity contribution in [1.82, 2.24) is 14.7 Å². The summed E-state index contributed by atoms with van der Waals surface area (Å²) in [5, 5.41) is 4.58. The Morgan fingerprint density at radius 2 is 2.00 bits per heavy atom. The maximum absolute atomic E-state index is 12.1. The zero-order valence-corrected chi connectivity index (χ0v) is 13.1. The predicted molar refractivity (Wildman–Crippen MR) is 82.4 cm³/mol. The Morgan fingerprint density at radius 3 is 2.62 bits per heavy atom. The summed E-state index contributed by atoms with van der Waals surface area (Å²) in [6.45, 7) is 3.83. The van der Waals surface area contributed by atoms with Crippen LogP contribution in [0, 0.1) is 6.92 Å². The first-order chi connectivity index (χ1) is 9.95. The number of amides is 1. The lowest BCUT2D eigenvalue weighted by Gasteiger charge is -2.17. The van der Waals surface area contributed by atoms with Gasteiger partial charge in [-0.3, -0.25) is 9.48 Å². The summed E-state index contributed by atoms with van der Waals surface area (Å²) in [6.07, 6.45) is 1.90. The monoisotopic (exact) mass is 287 g/mol. The van der Waals surface area contributed by atoms with Crippen LogP contribution < -0.4 is 4.74 Å². The van der Waals surface area contributed by atoms with Gasteiger partial charge < -0.3 is 9.64 Å². The van der Waals surface area contributed by atoms with Gasteiger partial charge in [-0.25, -0.2) is 0 Å². The van der Waals surface area contributed by atoms with Gasteiger partial charge in [0.2, 0.25) is 5.91 Å². The highest BCUT2D eigenvalue weighted by atomic mass is 16.5. The van der Waals surface area contributed by atoms with E-state index in [1.165, 1.54) is 0 Å². The predicted octanol–water partition coefficient (Wildman–Crippen LogP) is 2.52. The number of para-hydroxylation sites is 1. The van der Waals surface area contributed by atoms with Gasteiger partial charge in [0.25, 0.3) is 0 Å². The lowest BCUT2D eigenvalue weighted by atomic mass is 10.1. The lowest BCUT2D eigenvalue weighted by Crippen LogP contribution is -2.30. The molecule has 1 heterocycles. The molecule has 5 heteroatoms. The van der Waals surface area contributed by atoms with Gasteiger partial charge in [-0.15, -0.1) is 0 Å². The number of aromatic nitrogens is 2. The maximum Gasteiger partial charge on any atom is 0.246 e. The molecule has 0 spiro atoms. The first kappa shape index (κ1) is 15.1. The molecule has 0 aliphatic heterocycles. The van der Waals surface area contributed by atoms with E-state index < -0.39 is 0 Å². The van der Waals surface area contributed by atoms with Gasteiger partial charge >= 0.3 is 0 Å². The van der Waals surface area contributed by atoms with Crippen LogP contribution in [0.1, 0.15) is 18.5 Å². The molecule has 5 nitrogen and oxygen atoms in total. The van der Waals surface area contributed by atoms with Crippen LogP contribution in [0.2, 0.25) is 0 Å². The van der Waals surface area contributed by atoms with Crippen LogP contribution in [0.5, 0.6) is 5.75 Å². The first-order valence-electron chi connectivity index (χ1n) is 6.86. The van der Waals surface area contributed by atoms with Crippen molar-refractivity contribution >= 4 is 5.91 Å². The number of rotatable bonds is 4. The second-order valence-corrected chi connectivity index (χ2v) is 5.25. The number of carbonyl (C=O) groups is 1. The van der Waals surface area contributed by atoms with Gasteiger partial charge in [0.15, 0.2) is 0 Å². The summed E-state index contributed by atoms with van der Waals surface area (Å²) in [6, 6.07) is 7.42. The summed E-state index contributed by atoms with van der Waals surface area (Å²) >= 11 is 0. The van der Waals surface area contributed by atoms with Crippen LogP contribution in [0.3, 0.4) is 0 Å². The minimum absolute atomic E-state index is 0.0177. The molecule has 0 bridgehead atoms. The van der Waals surface area contributed by atoms with Gasteiger partial charge in [-0.1, -0.05) is 12.1 Å². The SMILES string of the molecule is COc1ccccc1-c1nn(C(C)C(=O)N(C)C)cc1C. The summed E-state index contributed by atoms with van der Waals surface area (Å²) in [5.74, 6) is 0.793. The molecular formula is C16H21N3O2. The molecule has 1 aromatic heterocycles. The third kappa shape index (κ3) is 2.91. The summed E-state index contributed by atoms with van der Waals surface area (Å²) in [7, 11) is 5.13. The molecule has 0 N–H and O–H groups in total. The van der Waals surface area contributed by atoms with E-state index in [-0.39, 0.29) is 11.9 Å². The molecule has 1 unspecified atom stereocenters. The summed E-state index contributed by atoms with van der Waals surface area (Å²) < 4.78 is 7.09. The van der Waals surface area contributed by atoms with E-state index in [0.717, 1.165) is 22.6 Å². The molecule has 112 valence electrons. The number of carbonyl (C=O) groups excluding carboxylic acids is 1. The van der Waals surface area contributed by atoms with E-state index in [0.29, 0.717) is 0 Å². The van der Waals surface area contributed by atoms with Gasteiger partial charge in [0.05, 0.1) is 12.8 Å². The Labute approximate surface area is 125 Å². The van der Waals surface area contributed by atoms with Gasteiger partial charge in [0, 0.05) is 25.9 Å². The van der Waals surface area contributed by atoms with E-state index in [9.17, 15) is 4.79 Å². The van der Waals surface area contributed by atoms with Crippen molar-refractivity contribution in [2.24, 2.45) is 0 Å². The third-order valence-electron chi connectivity index (χ3n) is 3.47. The molecule has 2 rings (SSSR count). The molecule has 1 aromatic carbocycles. The molecule has 1 atom stereocenters. The highest BCUT2D eigenvalue weighted by molar-refractivity contribution is 5.79. The van der Waals surface area contributed by atoms with E-state index in [1.54, 1.807) is 30.8 Å². The minimum atomic E-state index is -0.331. The van der Waals surface area contributed by atoms with Crippen LogP contribution >= 0.6 is 0 Å². The highest BCUT2D eigenvalue weighted by Crippen LogP contribution is 2.31. The van der Waals surface area contributed by atoms with Crippen molar-refractivity contribution in [2.45, 2.75) is 19.9 Å². The van der Waals surface area contributed by atoms with Crippen LogP contribution in [0.4, 0.5) is 0 Å². The standard InChI is InChI=1S/C16H21N3O2/c1-11-10-19(12(2)16(20)18(3)4)17-15(11)13-8-6-7-9-14(13)21-5/h6-10,12H,1-5H3.